The Morgan fingerprint density at radius 3 is 2.50 bits per heavy atom. The second-order valence-corrected chi connectivity index (χ2v) is 4.98. The summed E-state index contributed by atoms with van der Waals surface area (Å²) in [5, 5.41) is 0. The van der Waals surface area contributed by atoms with E-state index in [1.807, 2.05) is 0 Å². The van der Waals surface area contributed by atoms with E-state index in [0.717, 1.165) is 31.6 Å². The summed E-state index contributed by atoms with van der Waals surface area (Å²) < 4.78 is 0. The van der Waals surface area contributed by atoms with Gasteiger partial charge in [0.15, 0.2) is 0 Å². The van der Waals surface area contributed by atoms with Gasteiger partial charge in [0.05, 0.1) is 0 Å². The highest BCUT2D eigenvalue weighted by Crippen LogP contribution is 2.31. The summed E-state index contributed by atoms with van der Waals surface area (Å²) in [6.07, 6.45) is 2.68. The third kappa shape index (κ3) is 2.83. The average molecular weight is 218 g/mol. The van der Waals surface area contributed by atoms with Crippen molar-refractivity contribution in [2.24, 2.45) is 11.7 Å². The van der Waals surface area contributed by atoms with Crippen molar-refractivity contribution >= 4 is 0 Å². The average Bonchev–Trinajstić information content (AvgIpc) is 2.26. The second kappa shape index (κ2) is 5.46. The van der Waals surface area contributed by atoms with Crippen LogP contribution in [0.15, 0.2) is 30.3 Å². The molecule has 1 aliphatic carbocycles. The highest BCUT2D eigenvalue weighted by molar-refractivity contribution is 5.14. The van der Waals surface area contributed by atoms with Crippen LogP contribution in [-0.4, -0.2) is 24.0 Å². The van der Waals surface area contributed by atoms with Gasteiger partial charge >= 0.3 is 0 Å². The highest BCUT2D eigenvalue weighted by Gasteiger charge is 2.30. The Hall–Kier alpha value is -0.860. The lowest BCUT2D eigenvalue weighted by molar-refractivity contribution is 0.0823. The van der Waals surface area contributed by atoms with E-state index in [1.54, 1.807) is 0 Å². The first kappa shape index (κ1) is 11.6. The molecule has 2 nitrogen and oxygen atoms in total. The van der Waals surface area contributed by atoms with E-state index in [2.05, 4.69) is 42.2 Å². The molecule has 0 aliphatic heterocycles. The molecule has 0 amide bonds. The van der Waals surface area contributed by atoms with Gasteiger partial charge in [0.25, 0.3) is 0 Å². The fourth-order valence-electron chi connectivity index (χ4n) is 2.53. The van der Waals surface area contributed by atoms with Crippen LogP contribution in [-0.2, 0) is 6.54 Å². The SMILES string of the molecule is CC1CC(N(CCN)Cc2ccccc2)C1. The largest absolute Gasteiger partial charge is 0.329 e. The second-order valence-electron chi connectivity index (χ2n) is 4.98. The van der Waals surface area contributed by atoms with Gasteiger partial charge in [-0.05, 0) is 24.3 Å². The third-order valence-electron chi connectivity index (χ3n) is 3.51. The van der Waals surface area contributed by atoms with E-state index >= 15 is 0 Å². The monoisotopic (exact) mass is 218 g/mol. The molecule has 1 aromatic rings. The summed E-state index contributed by atoms with van der Waals surface area (Å²) in [5.74, 6) is 0.904. The maximum Gasteiger partial charge on any atom is 0.0237 e. The summed E-state index contributed by atoms with van der Waals surface area (Å²) >= 11 is 0. The molecule has 0 heterocycles. The van der Waals surface area contributed by atoms with E-state index in [0.29, 0.717) is 0 Å². The Labute approximate surface area is 98.4 Å². The van der Waals surface area contributed by atoms with Gasteiger partial charge in [-0.2, -0.15) is 0 Å². The van der Waals surface area contributed by atoms with Gasteiger partial charge < -0.3 is 5.73 Å². The van der Waals surface area contributed by atoms with Crippen molar-refractivity contribution in [2.45, 2.75) is 32.4 Å². The van der Waals surface area contributed by atoms with E-state index < -0.39 is 0 Å². The Balaban J connectivity index is 1.92. The van der Waals surface area contributed by atoms with Gasteiger partial charge in [-0.15, -0.1) is 0 Å². The Morgan fingerprint density at radius 1 is 1.25 bits per heavy atom. The number of hydrogen-bond donors (Lipinski definition) is 1. The molecule has 0 radical (unpaired) electrons. The molecule has 0 unspecified atom stereocenters. The first-order valence-corrected chi connectivity index (χ1v) is 6.27. The standard InChI is InChI=1S/C14H22N2/c1-12-9-14(10-12)16(8-7-15)11-13-5-3-2-4-6-13/h2-6,12,14H,7-11,15H2,1H3. The zero-order valence-corrected chi connectivity index (χ0v) is 10.1. The first-order chi connectivity index (χ1) is 7.79. The topological polar surface area (TPSA) is 29.3 Å². The lowest BCUT2D eigenvalue weighted by atomic mass is 9.80. The van der Waals surface area contributed by atoms with E-state index in [-0.39, 0.29) is 0 Å². The molecule has 16 heavy (non-hydrogen) atoms. The number of benzene rings is 1. The fraction of sp³-hybridized carbons (Fsp3) is 0.571. The fourth-order valence-corrected chi connectivity index (χ4v) is 2.53. The summed E-state index contributed by atoms with van der Waals surface area (Å²) in [7, 11) is 0. The Morgan fingerprint density at radius 2 is 1.94 bits per heavy atom. The third-order valence-corrected chi connectivity index (χ3v) is 3.51. The molecular formula is C14H22N2. The van der Waals surface area contributed by atoms with Crippen LogP contribution in [0.1, 0.15) is 25.3 Å². The number of nitrogens with zero attached hydrogens (tertiary/aromatic N) is 1. The molecule has 0 saturated heterocycles. The molecule has 88 valence electrons. The van der Waals surface area contributed by atoms with Gasteiger partial charge in [-0.25, -0.2) is 0 Å². The molecule has 0 spiro atoms. The van der Waals surface area contributed by atoms with Crippen LogP contribution in [0.25, 0.3) is 0 Å². The molecule has 1 aromatic carbocycles. The molecule has 1 fully saturated rings. The molecular weight excluding hydrogens is 196 g/mol. The molecule has 0 aromatic heterocycles. The van der Waals surface area contributed by atoms with Crippen molar-refractivity contribution in [1.29, 1.82) is 0 Å². The predicted molar refractivity (Wildman–Crippen MR) is 68.1 cm³/mol. The van der Waals surface area contributed by atoms with Gasteiger partial charge in [0.1, 0.15) is 0 Å². The minimum atomic E-state index is 0.762. The van der Waals surface area contributed by atoms with Crippen LogP contribution in [0.5, 0.6) is 0 Å². The van der Waals surface area contributed by atoms with E-state index in [4.69, 9.17) is 5.73 Å². The molecule has 0 atom stereocenters. The Kier molecular flexibility index (Phi) is 3.97. The van der Waals surface area contributed by atoms with Crippen LogP contribution in [0.2, 0.25) is 0 Å². The maximum absolute atomic E-state index is 5.69. The molecule has 1 saturated carbocycles. The van der Waals surface area contributed by atoms with Gasteiger partial charge in [0.2, 0.25) is 0 Å². The lowest BCUT2D eigenvalue weighted by Gasteiger charge is -2.41. The van der Waals surface area contributed by atoms with E-state index in [1.165, 1.54) is 18.4 Å². The first-order valence-electron chi connectivity index (χ1n) is 6.27. The van der Waals surface area contributed by atoms with Crippen LogP contribution in [0.4, 0.5) is 0 Å². The van der Waals surface area contributed by atoms with Crippen molar-refractivity contribution in [3.05, 3.63) is 35.9 Å². The van der Waals surface area contributed by atoms with Crippen molar-refractivity contribution in [2.75, 3.05) is 13.1 Å². The summed E-state index contributed by atoms with van der Waals surface area (Å²) in [6, 6.07) is 11.5. The number of nitrogens with two attached hydrogens (primary N) is 1. The van der Waals surface area contributed by atoms with Gasteiger partial charge in [-0.3, -0.25) is 4.90 Å². The van der Waals surface area contributed by atoms with Gasteiger partial charge in [0, 0.05) is 25.7 Å². The summed E-state index contributed by atoms with van der Waals surface area (Å²) in [4.78, 5) is 2.54. The van der Waals surface area contributed by atoms with Crippen molar-refractivity contribution in [3.63, 3.8) is 0 Å². The summed E-state index contributed by atoms with van der Waals surface area (Å²) in [5.41, 5.74) is 7.09. The predicted octanol–water partition coefficient (Wildman–Crippen LogP) is 2.25. The smallest absolute Gasteiger partial charge is 0.0237 e. The maximum atomic E-state index is 5.69. The molecule has 2 rings (SSSR count). The zero-order chi connectivity index (χ0) is 11.4. The highest BCUT2D eigenvalue weighted by atomic mass is 15.2. The van der Waals surface area contributed by atoms with E-state index in [9.17, 15) is 0 Å². The zero-order valence-electron chi connectivity index (χ0n) is 10.1. The van der Waals surface area contributed by atoms with Crippen molar-refractivity contribution in [1.82, 2.24) is 4.90 Å². The Bertz CT molecular complexity index is 304. The van der Waals surface area contributed by atoms with Crippen LogP contribution in [0, 0.1) is 5.92 Å². The normalized spacial score (nSPS) is 24.4. The van der Waals surface area contributed by atoms with Crippen LogP contribution < -0.4 is 5.73 Å². The molecule has 2 heteroatoms. The minimum Gasteiger partial charge on any atom is -0.329 e. The molecule has 0 bridgehead atoms. The molecule has 2 N–H and O–H groups in total. The summed E-state index contributed by atoms with van der Waals surface area (Å²) in [6.45, 7) is 5.17. The number of hydrogen-bond acceptors (Lipinski definition) is 2. The minimum absolute atomic E-state index is 0.762. The van der Waals surface area contributed by atoms with Crippen LogP contribution in [0.3, 0.4) is 0 Å². The van der Waals surface area contributed by atoms with Crippen molar-refractivity contribution in [3.8, 4) is 0 Å². The van der Waals surface area contributed by atoms with Crippen molar-refractivity contribution < 1.29 is 0 Å². The lowest BCUT2D eigenvalue weighted by Crippen LogP contribution is -2.45. The van der Waals surface area contributed by atoms with Crippen LogP contribution >= 0.6 is 0 Å². The molecule has 1 aliphatic rings. The number of rotatable bonds is 5. The quantitative estimate of drug-likeness (QED) is 0.821. The van der Waals surface area contributed by atoms with Gasteiger partial charge in [-0.1, -0.05) is 37.3 Å².